The predicted octanol–water partition coefficient (Wildman–Crippen LogP) is -0.228. The van der Waals surface area contributed by atoms with E-state index in [1.165, 1.54) is 0 Å². The molecule has 4 heteroatoms. The fourth-order valence-corrected chi connectivity index (χ4v) is 1.11. The quantitative estimate of drug-likeness (QED) is 0.488. The van der Waals surface area contributed by atoms with E-state index in [-0.39, 0.29) is 5.92 Å². The molecule has 1 saturated heterocycles. The van der Waals surface area contributed by atoms with Gasteiger partial charge in [0.05, 0.1) is 12.1 Å². The topological polar surface area (TPSA) is 53.8 Å². The molecule has 2 heterocycles. The zero-order chi connectivity index (χ0) is 6.97. The maximum atomic E-state index is 9.19. The molecule has 2 atom stereocenters. The molecule has 2 aliphatic rings. The van der Waals surface area contributed by atoms with Crippen LogP contribution in [0.4, 0.5) is 0 Å². The van der Waals surface area contributed by atoms with E-state index in [9.17, 15) is 5.11 Å². The fraction of sp³-hybridized carbons (Fsp3) is 0.500. The summed E-state index contributed by atoms with van der Waals surface area (Å²) in [7, 11) is 0. The zero-order valence-corrected chi connectivity index (χ0v) is 5.32. The molecule has 1 fully saturated rings. The highest BCUT2D eigenvalue weighted by atomic mass is 16.7. The van der Waals surface area contributed by atoms with Crippen LogP contribution in [0, 0.1) is 5.92 Å². The molecule has 0 aromatic carbocycles. The molecule has 0 spiro atoms. The predicted molar refractivity (Wildman–Crippen MR) is 34.9 cm³/mol. The third-order valence-electron chi connectivity index (χ3n) is 1.71. The standard InChI is InChI=1S/C6H8N2O2/c9-6-4-1-2-7-3-5(4)10-8-6/h2-4,6,8-9H,1H2. The molecule has 54 valence electrons. The first-order valence-electron chi connectivity index (χ1n) is 3.20. The molecular weight excluding hydrogens is 132 g/mol. The summed E-state index contributed by atoms with van der Waals surface area (Å²) in [5, 5.41) is 9.19. The Morgan fingerprint density at radius 3 is 3.50 bits per heavy atom. The van der Waals surface area contributed by atoms with Gasteiger partial charge < -0.3 is 9.94 Å². The van der Waals surface area contributed by atoms with E-state index in [1.54, 1.807) is 12.4 Å². The summed E-state index contributed by atoms with van der Waals surface area (Å²) >= 11 is 0. The van der Waals surface area contributed by atoms with E-state index in [0.29, 0.717) is 0 Å². The van der Waals surface area contributed by atoms with Crippen LogP contribution in [0.25, 0.3) is 0 Å². The van der Waals surface area contributed by atoms with Gasteiger partial charge in [-0.2, -0.15) is 0 Å². The maximum absolute atomic E-state index is 9.19. The Labute approximate surface area is 58.2 Å². The number of aliphatic hydroxyl groups is 1. The Hall–Kier alpha value is -0.870. The molecular formula is C6H8N2O2. The summed E-state index contributed by atoms with van der Waals surface area (Å²) in [6, 6.07) is 0. The molecule has 2 unspecified atom stereocenters. The third kappa shape index (κ3) is 0.732. The number of nitrogens with zero attached hydrogens (tertiary/aromatic N) is 1. The zero-order valence-electron chi connectivity index (χ0n) is 5.32. The van der Waals surface area contributed by atoms with Crippen LogP contribution in [0.3, 0.4) is 0 Å². The van der Waals surface area contributed by atoms with Gasteiger partial charge in [0.1, 0.15) is 12.0 Å². The van der Waals surface area contributed by atoms with Gasteiger partial charge in [-0.05, 0) is 6.42 Å². The SMILES string of the molecule is OC1NOC2=CN=CCC21. The number of aliphatic hydroxyl groups excluding tert-OH is 1. The average Bonchev–Trinajstić information content (AvgIpc) is 2.34. The number of hydroxylamine groups is 1. The van der Waals surface area contributed by atoms with Crippen LogP contribution in [-0.4, -0.2) is 17.5 Å². The average molecular weight is 140 g/mol. The van der Waals surface area contributed by atoms with Crippen LogP contribution in [-0.2, 0) is 4.84 Å². The lowest BCUT2D eigenvalue weighted by Gasteiger charge is -2.09. The van der Waals surface area contributed by atoms with Gasteiger partial charge in [-0.1, -0.05) is 0 Å². The van der Waals surface area contributed by atoms with Gasteiger partial charge in [-0.15, -0.1) is 5.48 Å². The van der Waals surface area contributed by atoms with Crippen LogP contribution >= 0.6 is 0 Å². The van der Waals surface area contributed by atoms with Crippen molar-refractivity contribution in [2.75, 3.05) is 0 Å². The molecule has 2 aliphatic heterocycles. The van der Waals surface area contributed by atoms with Crippen LogP contribution < -0.4 is 5.48 Å². The summed E-state index contributed by atoms with van der Waals surface area (Å²) in [5.41, 5.74) is 2.47. The van der Waals surface area contributed by atoms with Crippen molar-refractivity contribution < 1.29 is 9.94 Å². The second kappa shape index (κ2) is 2.07. The largest absolute Gasteiger partial charge is 0.409 e. The lowest BCUT2D eigenvalue weighted by molar-refractivity contribution is 0.0349. The van der Waals surface area contributed by atoms with Crippen molar-refractivity contribution in [1.29, 1.82) is 0 Å². The number of hydrogen-bond donors (Lipinski definition) is 2. The van der Waals surface area contributed by atoms with E-state index in [0.717, 1.165) is 12.2 Å². The highest BCUT2D eigenvalue weighted by molar-refractivity contribution is 5.61. The first-order chi connectivity index (χ1) is 4.88. The first kappa shape index (κ1) is 5.88. The van der Waals surface area contributed by atoms with E-state index >= 15 is 0 Å². The maximum Gasteiger partial charge on any atom is 0.150 e. The number of rotatable bonds is 0. The molecule has 4 nitrogen and oxygen atoms in total. The second-order valence-corrected chi connectivity index (χ2v) is 2.37. The Balaban J connectivity index is 2.23. The van der Waals surface area contributed by atoms with Crippen molar-refractivity contribution in [3.05, 3.63) is 12.0 Å². The van der Waals surface area contributed by atoms with Gasteiger partial charge >= 0.3 is 0 Å². The van der Waals surface area contributed by atoms with Crippen molar-refractivity contribution >= 4 is 6.21 Å². The monoisotopic (exact) mass is 140 g/mol. The molecule has 0 saturated carbocycles. The molecule has 0 amide bonds. The van der Waals surface area contributed by atoms with Crippen molar-refractivity contribution in [3.8, 4) is 0 Å². The summed E-state index contributed by atoms with van der Waals surface area (Å²) in [4.78, 5) is 8.81. The van der Waals surface area contributed by atoms with Crippen molar-refractivity contribution in [2.24, 2.45) is 10.9 Å². The van der Waals surface area contributed by atoms with Gasteiger partial charge in [-0.3, -0.25) is 4.99 Å². The van der Waals surface area contributed by atoms with Gasteiger partial charge in [0.2, 0.25) is 0 Å². The molecule has 0 bridgehead atoms. The lowest BCUT2D eigenvalue weighted by Crippen LogP contribution is -2.26. The van der Waals surface area contributed by atoms with Crippen molar-refractivity contribution in [1.82, 2.24) is 5.48 Å². The Bertz CT molecular complexity index is 200. The van der Waals surface area contributed by atoms with E-state index in [2.05, 4.69) is 10.5 Å². The number of nitrogens with one attached hydrogen (secondary N) is 1. The normalized spacial score (nSPS) is 36.7. The van der Waals surface area contributed by atoms with E-state index < -0.39 is 6.23 Å². The summed E-state index contributed by atoms with van der Waals surface area (Å²) < 4.78 is 0. The number of hydrogen-bond acceptors (Lipinski definition) is 4. The minimum Gasteiger partial charge on any atom is -0.409 e. The summed E-state index contributed by atoms with van der Waals surface area (Å²) in [6.45, 7) is 0. The number of aliphatic imine (C=N–C) groups is 1. The minimum absolute atomic E-state index is 0.0671. The van der Waals surface area contributed by atoms with Crippen LogP contribution in [0.1, 0.15) is 6.42 Å². The van der Waals surface area contributed by atoms with E-state index in [4.69, 9.17) is 4.84 Å². The van der Waals surface area contributed by atoms with Crippen molar-refractivity contribution in [2.45, 2.75) is 12.6 Å². The highest BCUT2D eigenvalue weighted by Crippen LogP contribution is 2.26. The van der Waals surface area contributed by atoms with Crippen LogP contribution in [0.15, 0.2) is 17.0 Å². The van der Waals surface area contributed by atoms with E-state index in [1.807, 2.05) is 0 Å². The first-order valence-corrected chi connectivity index (χ1v) is 3.20. The van der Waals surface area contributed by atoms with Gasteiger partial charge in [0.25, 0.3) is 0 Å². The Morgan fingerprint density at radius 1 is 1.80 bits per heavy atom. The number of fused-ring (bicyclic) bond motifs is 1. The molecule has 0 aromatic rings. The third-order valence-corrected chi connectivity index (χ3v) is 1.71. The van der Waals surface area contributed by atoms with Crippen LogP contribution in [0.2, 0.25) is 0 Å². The Kier molecular flexibility index (Phi) is 1.22. The minimum atomic E-state index is -0.571. The molecule has 0 radical (unpaired) electrons. The summed E-state index contributed by atoms with van der Waals surface area (Å²) in [5.74, 6) is 0.799. The molecule has 0 aliphatic carbocycles. The highest BCUT2D eigenvalue weighted by Gasteiger charge is 2.32. The van der Waals surface area contributed by atoms with Crippen molar-refractivity contribution in [3.63, 3.8) is 0 Å². The second-order valence-electron chi connectivity index (χ2n) is 2.37. The molecule has 0 aromatic heterocycles. The van der Waals surface area contributed by atoms with Gasteiger partial charge in [-0.25, -0.2) is 0 Å². The van der Waals surface area contributed by atoms with Crippen LogP contribution in [0.5, 0.6) is 0 Å². The Morgan fingerprint density at radius 2 is 2.70 bits per heavy atom. The molecule has 10 heavy (non-hydrogen) atoms. The fourth-order valence-electron chi connectivity index (χ4n) is 1.11. The lowest BCUT2D eigenvalue weighted by atomic mass is 10.0. The smallest absolute Gasteiger partial charge is 0.150 e. The van der Waals surface area contributed by atoms with Gasteiger partial charge in [0.15, 0.2) is 0 Å². The summed E-state index contributed by atoms with van der Waals surface area (Å²) in [6.07, 6.45) is 3.57. The van der Waals surface area contributed by atoms with Gasteiger partial charge in [0, 0.05) is 6.21 Å². The molecule has 2 N–H and O–H groups in total. The molecule has 2 rings (SSSR count).